The van der Waals surface area contributed by atoms with Crippen LogP contribution >= 0.6 is 0 Å². The van der Waals surface area contributed by atoms with E-state index in [4.69, 9.17) is 0 Å². The van der Waals surface area contributed by atoms with Crippen LogP contribution in [0.15, 0.2) is 12.5 Å². The van der Waals surface area contributed by atoms with Crippen LogP contribution in [-0.2, 0) is 0 Å². The fourth-order valence-electron chi connectivity index (χ4n) is 2.48. The molecule has 0 saturated heterocycles. The van der Waals surface area contributed by atoms with Crippen molar-refractivity contribution >= 4 is 0 Å². The highest BCUT2D eigenvalue weighted by atomic mass is 15.1. The minimum Gasteiger partial charge on any atom is -0.331 e. The van der Waals surface area contributed by atoms with Gasteiger partial charge in [-0.1, -0.05) is 13.8 Å². The van der Waals surface area contributed by atoms with Crippen LogP contribution in [-0.4, -0.2) is 22.1 Å². The first kappa shape index (κ1) is 10.3. The molecule has 2 saturated carbocycles. The van der Waals surface area contributed by atoms with E-state index in [-0.39, 0.29) is 0 Å². The first-order chi connectivity index (χ1) is 7.75. The first-order valence-electron chi connectivity index (χ1n) is 6.51. The fourth-order valence-corrected chi connectivity index (χ4v) is 2.48. The molecule has 0 bridgehead atoms. The molecule has 1 aromatic rings. The minimum absolute atomic E-state index is 0.606. The monoisotopic (exact) mass is 219 g/mol. The predicted octanol–water partition coefficient (Wildman–Crippen LogP) is 2.32. The van der Waals surface area contributed by atoms with Crippen molar-refractivity contribution < 1.29 is 0 Å². The summed E-state index contributed by atoms with van der Waals surface area (Å²) in [6.07, 6.45) is 8.16. The van der Waals surface area contributed by atoms with E-state index in [9.17, 15) is 0 Å². The molecule has 2 aliphatic rings. The van der Waals surface area contributed by atoms with E-state index in [1.807, 2.05) is 6.33 Å². The maximum atomic E-state index is 4.32. The molecular formula is C13H21N3. The van der Waals surface area contributed by atoms with Crippen LogP contribution in [0.3, 0.4) is 0 Å². The Morgan fingerprint density at radius 1 is 1.50 bits per heavy atom. The van der Waals surface area contributed by atoms with Crippen LogP contribution in [0.2, 0.25) is 0 Å². The Morgan fingerprint density at radius 3 is 3.00 bits per heavy atom. The predicted molar refractivity (Wildman–Crippen MR) is 64.5 cm³/mol. The van der Waals surface area contributed by atoms with E-state index in [0.717, 1.165) is 24.4 Å². The number of nitrogens with one attached hydrogen (secondary N) is 1. The quantitative estimate of drug-likeness (QED) is 0.823. The van der Waals surface area contributed by atoms with Gasteiger partial charge in [-0.15, -0.1) is 0 Å². The highest BCUT2D eigenvalue weighted by Crippen LogP contribution is 2.49. The van der Waals surface area contributed by atoms with Crippen LogP contribution in [0.5, 0.6) is 0 Å². The van der Waals surface area contributed by atoms with E-state index in [2.05, 4.69) is 34.9 Å². The Balaban J connectivity index is 1.60. The summed E-state index contributed by atoms with van der Waals surface area (Å²) in [5.41, 5.74) is 1.48. The van der Waals surface area contributed by atoms with Gasteiger partial charge in [0.1, 0.15) is 0 Å². The van der Waals surface area contributed by atoms with Gasteiger partial charge in [-0.2, -0.15) is 0 Å². The lowest BCUT2D eigenvalue weighted by Gasteiger charge is -2.08. The molecular weight excluding hydrogens is 198 g/mol. The Hall–Kier alpha value is -0.830. The number of imidazole rings is 1. The van der Waals surface area contributed by atoms with Crippen LogP contribution in [0.25, 0.3) is 0 Å². The van der Waals surface area contributed by atoms with Crippen molar-refractivity contribution in [1.29, 1.82) is 0 Å². The Bertz CT molecular complexity index is 365. The van der Waals surface area contributed by atoms with Gasteiger partial charge < -0.3 is 9.88 Å². The second-order valence-electron chi connectivity index (χ2n) is 5.62. The minimum atomic E-state index is 0.606. The normalized spacial score (nSPS) is 28.7. The Labute approximate surface area is 97.3 Å². The topological polar surface area (TPSA) is 29.9 Å². The third kappa shape index (κ3) is 2.01. The summed E-state index contributed by atoms with van der Waals surface area (Å²) >= 11 is 0. The molecule has 1 N–H and O–H groups in total. The summed E-state index contributed by atoms with van der Waals surface area (Å²) in [4.78, 5) is 4.32. The maximum Gasteiger partial charge on any atom is 0.0950 e. The van der Waals surface area contributed by atoms with Crippen LogP contribution in [0, 0.1) is 5.92 Å². The average molecular weight is 219 g/mol. The Morgan fingerprint density at radius 2 is 2.31 bits per heavy atom. The second-order valence-corrected chi connectivity index (χ2v) is 5.62. The lowest BCUT2D eigenvalue weighted by Crippen LogP contribution is -2.25. The fraction of sp³-hybridized carbons (Fsp3) is 0.769. The summed E-state index contributed by atoms with van der Waals surface area (Å²) < 4.78 is 2.42. The zero-order valence-corrected chi connectivity index (χ0v) is 10.2. The largest absolute Gasteiger partial charge is 0.331 e. The molecule has 2 aliphatic carbocycles. The molecule has 0 amide bonds. The number of aromatic nitrogens is 2. The number of nitrogens with zero attached hydrogens (tertiary/aromatic N) is 2. The first-order valence-corrected chi connectivity index (χ1v) is 6.51. The SMILES string of the molecule is CC(C)NCC1CC1c1cncn1C1CC1. The summed E-state index contributed by atoms with van der Waals surface area (Å²) in [7, 11) is 0. The van der Waals surface area contributed by atoms with Gasteiger partial charge in [0.15, 0.2) is 0 Å². The van der Waals surface area contributed by atoms with Crippen molar-refractivity contribution in [3.05, 3.63) is 18.2 Å². The van der Waals surface area contributed by atoms with Gasteiger partial charge in [0.25, 0.3) is 0 Å². The molecule has 0 radical (unpaired) electrons. The molecule has 16 heavy (non-hydrogen) atoms. The highest BCUT2D eigenvalue weighted by molar-refractivity contribution is 5.18. The molecule has 2 unspecified atom stereocenters. The summed E-state index contributed by atoms with van der Waals surface area (Å²) in [6.45, 7) is 5.59. The molecule has 2 fully saturated rings. The van der Waals surface area contributed by atoms with E-state index in [0.29, 0.717) is 6.04 Å². The van der Waals surface area contributed by atoms with Crippen molar-refractivity contribution in [2.45, 2.75) is 51.1 Å². The van der Waals surface area contributed by atoms with Gasteiger partial charge >= 0.3 is 0 Å². The smallest absolute Gasteiger partial charge is 0.0950 e. The van der Waals surface area contributed by atoms with Crippen molar-refractivity contribution in [3.63, 3.8) is 0 Å². The molecule has 0 spiro atoms. The van der Waals surface area contributed by atoms with E-state index < -0.39 is 0 Å². The second kappa shape index (κ2) is 3.88. The lowest BCUT2D eigenvalue weighted by molar-refractivity contribution is 0.549. The van der Waals surface area contributed by atoms with Crippen molar-refractivity contribution in [1.82, 2.24) is 14.9 Å². The zero-order chi connectivity index (χ0) is 11.1. The van der Waals surface area contributed by atoms with Gasteiger partial charge in [0, 0.05) is 29.9 Å². The molecule has 3 nitrogen and oxygen atoms in total. The summed E-state index contributed by atoms with van der Waals surface area (Å²) in [6, 6.07) is 1.38. The van der Waals surface area contributed by atoms with E-state index in [1.54, 1.807) is 0 Å². The third-order valence-corrected chi connectivity index (χ3v) is 3.73. The maximum absolute atomic E-state index is 4.32. The van der Waals surface area contributed by atoms with Gasteiger partial charge in [-0.25, -0.2) is 4.98 Å². The van der Waals surface area contributed by atoms with Crippen molar-refractivity contribution in [2.24, 2.45) is 5.92 Å². The average Bonchev–Trinajstić information content (AvgIpc) is 3.16. The van der Waals surface area contributed by atoms with Gasteiger partial charge in [0.05, 0.1) is 6.33 Å². The molecule has 3 heteroatoms. The number of hydrogen-bond acceptors (Lipinski definition) is 2. The van der Waals surface area contributed by atoms with Crippen molar-refractivity contribution in [3.8, 4) is 0 Å². The van der Waals surface area contributed by atoms with Crippen molar-refractivity contribution in [2.75, 3.05) is 6.54 Å². The summed E-state index contributed by atoms with van der Waals surface area (Å²) in [5, 5.41) is 3.53. The number of rotatable bonds is 5. The molecule has 0 aliphatic heterocycles. The Kier molecular flexibility index (Phi) is 2.51. The molecule has 2 atom stereocenters. The van der Waals surface area contributed by atoms with Crippen LogP contribution < -0.4 is 5.32 Å². The molecule has 1 heterocycles. The van der Waals surface area contributed by atoms with E-state index >= 15 is 0 Å². The van der Waals surface area contributed by atoms with E-state index in [1.165, 1.54) is 25.0 Å². The standard InChI is InChI=1S/C13H21N3/c1-9(2)15-6-10-5-12(10)13-7-14-8-16(13)11-3-4-11/h7-12,15H,3-6H2,1-2H3. The zero-order valence-electron chi connectivity index (χ0n) is 10.2. The summed E-state index contributed by atoms with van der Waals surface area (Å²) in [5.74, 6) is 1.62. The molecule has 88 valence electrons. The number of hydrogen-bond donors (Lipinski definition) is 1. The van der Waals surface area contributed by atoms with Gasteiger partial charge in [-0.05, 0) is 31.7 Å². The molecule has 1 aromatic heterocycles. The van der Waals surface area contributed by atoms with Crippen LogP contribution in [0.1, 0.15) is 50.8 Å². The van der Waals surface area contributed by atoms with Gasteiger partial charge in [-0.3, -0.25) is 0 Å². The lowest BCUT2D eigenvalue weighted by atomic mass is 10.2. The molecule has 3 rings (SSSR count). The van der Waals surface area contributed by atoms with Gasteiger partial charge in [0.2, 0.25) is 0 Å². The molecule has 0 aromatic carbocycles. The third-order valence-electron chi connectivity index (χ3n) is 3.73. The van der Waals surface area contributed by atoms with Crippen LogP contribution in [0.4, 0.5) is 0 Å². The highest BCUT2D eigenvalue weighted by Gasteiger charge is 2.41.